The van der Waals surface area contributed by atoms with Gasteiger partial charge in [0.15, 0.2) is 0 Å². The Morgan fingerprint density at radius 2 is 2.21 bits per heavy atom. The molecule has 3 rings (SSSR count). The van der Waals surface area contributed by atoms with Crippen LogP contribution in [0.4, 0.5) is 0 Å². The summed E-state index contributed by atoms with van der Waals surface area (Å²) in [5.74, 6) is 0. The van der Waals surface area contributed by atoms with Gasteiger partial charge in [-0.1, -0.05) is 6.42 Å². The van der Waals surface area contributed by atoms with Crippen molar-refractivity contribution in [2.24, 2.45) is 5.41 Å². The van der Waals surface area contributed by atoms with E-state index in [1.54, 1.807) is 0 Å². The van der Waals surface area contributed by atoms with Gasteiger partial charge in [-0.3, -0.25) is 4.90 Å². The quantitative estimate of drug-likeness (QED) is 0.796. The molecule has 0 bridgehead atoms. The van der Waals surface area contributed by atoms with Crippen LogP contribution >= 0.6 is 27.3 Å². The summed E-state index contributed by atoms with van der Waals surface area (Å²) in [5, 5.41) is 2.17. The van der Waals surface area contributed by atoms with Gasteiger partial charge in [0, 0.05) is 34.4 Å². The monoisotopic (exact) mass is 271 g/mol. The van der Waals surface area contributed by atoms with Crippen molar-refractivity contribution in [2.45, 2.75) is 25.8 Å². The van der Waals surface area contributed by atoms with Crippen molar-refractivity contribution in [1.29, 1.82) is 0 Å². The lowest BCUT2D eigenvalue weighted by molar-refractivity contribution is -0.0640. The molecule has 0 N–H and O–H groups in total. The minimum atomic E-state index is 0.772. The Balaban J connectivity index is 1.55. The zero-order valence-corrected chi connectivity index (χ0v) is 10.5. The van der Waals surface area contributed by atoms with Gasteiger partial charge in [0.05, 0.1) is 0 Å². The maximum absolute atomic E-state index is 3.50. The number of halogens is 1. The molecule has 0 aromatic carbocycles. The lowest BCUT2D eigenvalue weighted by Gasteiger charge is -2.56. The minimum Gasteiger partial charge on any atom is -0.297 e. The lowest BCUT2D eigenvalue weighted by Crippen LogP contribution is -2.58. The third-order valence-electron chi connectivity index (χ3n) is 3.53. The van der Waals surface area contributed by atoms with Crippen molar-refractivity contribution < 1.29 is 0 Å². The van der Waals surface area contributed by atoms with Gasteiger partial charge >= 0.3 is 0 Å². The van der Waals surface area contributed by atoms with Crippen molar-refractivity contribution >= 4 is 27.3 Å². The van der Waals surface area contributed by atoms with E-state index >= 15 is 0 Å². The van der Waals surface area contributed by atoms with E-state index in [0.717, 1.165) is 12.0 Å². The first-order valence-corrected chi connectivity index (χ1v) is 6.88. The van der Waals surface area contributed by atoms with Crippen LogP contribution < -0.4 is 0 Å². The maximum atomic E-state index is 3.50. The molecule has 3 heteroatoms. The highest BCUT2D eigenvalue weighted by Crippen LogP contribution is 2.48. The first kappa shape index (κ1) is 9.37. The third-order valence-corrected chi connectivity index (χ3v) is 5.22. The summed E-state index contributed by atoms with van der Waals surface area (Å²) in [5.41, 5.74) is 0.772. The molecule has 1 aliphatic heterocycles. The molecule has 76 valence electrons. The van der Waals surface area contributed by atoms with Crippen molar-refractivity contribution in [3.8, 4) is 0 Å². The Morgan fingerprint density at radius 3 is 2.71 bits per heavy atom. The number of hydrogen-bond acceptors (Lipinski definition) is 2. The summed E-state index contributed by atoms with van der Waals surface area (Å²) in [7, 11) is 0. The summed E-state index contributed by atoms with van der Waals surface area (Å²) >= 11 is 5.37. The molecule has 1 aromatic heterocycles. The van der Waals surface area contributed by atoms with Crippen molar-refractivity contribution in [2.75, 3.05) is 13.1 Å². The number of rotatable bonds is 2. The topological polar surface area (TPSA) is 3.24 Å². The molecule has 14 heavy (non-hydrogen) atoms. The molecule has 0 atom stereocenters. The molecule has 0 amide bonds. The van der Waals surface area contributed by atoms with Crippen LogP contribution in [0, 0.1) is 5.41 Å². The molecule has 1 aliphatic carbocycles. The summed E-state index contributed by atoms with van der Waals surface area (Å²) in [6.07, 6.45) is 4.44. The molecule has 2 heterocycles. The van der Waals surface area contributed by atoms with Gasteiger partial charge in [-0.25, -0.2) is 0 Å². The lowest BCUT2D eigenvalue weighted by atomic mass is 9.63. The van der Waals surface area contributed by atoms with Gasteiger partial charge in [0.25, 0.3) is 0 Å². The normalized spacial score (nSPS) is 24.6. The van der Waals surface area contributed by atoms with Crippen molar-refractivity contribution in [3.05, 3.63) is 20.8 Å². The Hall–Kier alpha value is 0.140. The number of likely N-dealkylation sites (tertiary alicyclic amines) is 1. The standard InChI is InChI=1S/C11H14BrNS/c12-9-4-10(14-6-9)5-13-7-11(8-13)2-1-3-11/h4,6H,1-3,5,7-8H2. The molecule has 1 saturated carbocycles. The Kier molecular flexibility index (Phi) is 2.22. The van der Waals surface area contributed by atoms with Gasteiger partial charge < -0.3 is 0 Å². The molecular formula is C11H14BrNS. The molecule has 2 fully saturated rings. The number of thiophene rings is 1. The minimum absolute atomic E-state index is 0.772. The Morgan fingerprint density at radius 1 is 1.43 bits per heavy atom. The van der Waals surface area contributed by atoms with Gasteiger partial charge in [0.1, 0.15) is 0 Å². The summed E-state index contributed by atoms with van der Waals surface area (Å²) in [6.45, 7) is 3.86. The van der Waals surface area contributed by atoms with Crippen molar-refractivity contribution in [3.63, 3.8) is 0 Å². The average molecular weight is 272 g/mol. The van der Waals surface area contributed by atoms with E-state index in [-0.39, 0.29) is 0 Å². The van der Waals surface area contributed by atoms with Crippen LogP contribution in [0.1, 0.15) is 24.1 Å². The van der Waals surface area contributed by atoms with E-state index in [4.69, 9.17) is 0 Å². The Bertz CT molecular complexity index is 335. The zero-order valence-electron chi connectivity index (χ0n) is 8.13. The van der Waals surface area contributed by atoms with E-state index in [2.05, 4.69) is 32.3 Å². The molecule has 1 saturated heterocycles. The maximum Gasteiger partial charge on any atom is 0.0328 e. The van der Waals surface area contributed by atoms with E-state index in [9.17, 15) is 0 Å². The first-order chi connectivity index (χ1) is 6.76. The van der Waals surface area contributed by atoms with Gasteiger partial charge in [-0.2, -0.15) is 0 Å². The summed E-state index contributed by atoms with van der Waals surface area (Å²) in [4.78, 5) is 4.07. The van der Waals surface area contributed by atoms with Crippen molar-refractivity contribution in [1.82, 2.24) is 4.90 Å². The Labute approximate surface area is 97.2 Å². The average Bonchev–Trinajstić information content (AvgIpc) is 2.39. The number of hydrogen-bond donors (Lipinski definition) is 0. The van der Waals surface area contributed by atoms with Crippen LogP contribution in [0.25, 0.3) is 0 Å². The van der Waals surface area contributed by atoms with Gasteiger partial charge in [-0.15, -0.1) is 11.3 Å². The van der Waals surface area contributed by atoms with Crippen LogP contribution in [0.3, 0.4) is 0 Å². The molecule has 1 nitrogen and oxygen atoms in total. The SMILES string of the molecule is Brc1csc(CN2CC3(CCC3)C2)c1. The fourth-order valence-corrected chi connectivity index (χ4v) is 4.16. The van der Waals surface area contributed by atoms with Crippen LogP contribution in [0.5, 0.6) is 0 Å². The number of nitrogens with zero attached hydrogens (tertiary/aromatic N) is 1. The highest BCUT2D eigenvalue weighted by molar-refractivity contribution is 9.10. The third kappa shape index (κ3) is 1.55. The highest BCUT2D eigenvalue weighted by Gasteiger charge is 2.46. The van der Waals surface area contributed by atoms with E-state index in [0.29, 0.717) is 0 Å². The van der Waals surface area contributed by atoms with Gasteiger partial charge in [0.2, 0.25) is 0 Å². The van der Waals surface area contributed by atoms with Crippen LogP contribution in [0.15, 0.2) is 15.9 Å². The predicted octanol–water partition coefficient (Wildman–Crippen LogP) is 3.50. The first-order valence-electron chi connectivity index (χ1n) is 5.21. The van der Waals surface area contributed by atoms with Gasteiger partial charge in [-0.05, 0) is 40.3 Å². The molecule has 1 spiro atoms. The zero-order chi connectivity index (χ0) is 9.60. The summed E-state index contributed by atoms with van der Waals surface area (Å²) in [6, 6.07) is 2.25. The fraction of sp³-hybridized carbons (Fsp3) is 0.636. The summed E-state index contributed by atoms with van der Waals surface area (Å²) < 4.78 is 1.23. The second-order valence-electron chi connectivity index (χ2n) is 4.73. The largest absolute Gasteiger partial charge is 0.297 e. The fourth-order valence-electron chi connectivity index (χ4n) is 2.66. The smallest absolute Gasteiger partial charge is 0.0328 e. The van der Waals surface area contributed by atoms with E-state index in [1.165, 1.54) is 41.7 Å². The van der Waals surface area contributed by atoms with E-state index < -0.39 is 0 Å². The molecule has 0 unspecified atom stereocenters. The predicted molar refractivity (Wildman–Crippen MR) is 63.6 cm³/mol. The van der Waals surface area contributed by atoms with Crippen LogP contribution in [-0.2, 0) is 6.54 Å². The highest BCUT2D eigenvalue weighted by atomic mass is 79.9. The molecule has 1 aromatic rings. The van der Waals surface area contributed by atoms with E-state index in [1.807, 2.05) is 11.3 Å². The molecule has 2 aliphatic rings. The second kappa shape index (κ2) is 3.32. The molecular weight excluding hydrogens is 258 g/mol. The van der Waals surface area contributed by atoms with Crippen LogP contribution in [-0.4, -0.2) is 18.0 Å². The molecule has 0 radical (unpaired) electrons. The second-order valence-corrected chi connectivity index (χ2v) is 6.64. The van der Waals surface area contributed by atoms with Crippen LogP contribution in [0.2, 0.25) is 0 Å².